The van der Waals surface area contributed by atoms with Crippen LogP contribution in [0.2, 0.25) is 0 Å². The molecule has 2 unspecified atom stereocenters. The Hall–Kier alpha value is -2.08. The summed E-state index contributed by atoms with van der Waals surface area (Å²) >= 11 is 1.84. The Bertz CT molecular complexity index is 703. The van der Waals surface area contributed by atoms with Gasteiger partial charge in [-0.3, -0.25) is 4.79 Å². The second-order valence-corrected chi connectivity index (χ2v) is 7.16. The van der Waals surface area contributed by atoms with E-state index >= 15 is 0 Å². The summed E-state index contributed by atoms with van der Waals surface area (Å²) in [4.78, 5) is 14.7. The highest BCUT2D eigenvalue weighted by molar-refractivity contribution is 7.99. The minimum atomic E-state index is -0.565. The van der Waals surface area contributed by atoms with E-state index in [2.05, 4.69) is 0 Å². The van der Waals surface area contributed by atoms with Gasteiger partial charge in [-0.2, -0.15) is 0 Å². The Morgan fingerprint density at radius 3 is 2.83 bits per heavy atom. The maximum Gasteiger partial charge on any atom is 0.267 e. The van der Waals surface area contributed by atoms with E-state index in [4.69, 9.17) is 13.9 Å². The number of benzene rings is 1. The van der Waals surface area contributed by atoms with Crippen LogP contribution in [0.1, 0.15) is 17.4 Å². The Balaban J connectivity index is 1.40. The van der Waals surface area contributed by atoms with Gasteiger partial charge in [-0.05, 0) is 30.7 Å². The van der Waals surface area contributed by atoms with Crippen molar-refractivity contribution in [2.24, 2.45) is 0 Å². The van der Waals surface area contributed by atoms with Gasteiger partial charge in [0.25, 0.3) is 5.91 Å². The number of ether oxygens (including phenoxy) is 2. The quantitative estimate of drug-likeness (QED) is 0.837. The number of nitrogens with zero attached hydrogens (tertiary/aromatic N) is 1. The van der Waals surface area contributed by atoms with Crippen LogP contribution in [0.15, 0.2) is 47.1 Å². The molecule has 0 saturated carbocycles. The summed E-state index contributed by atoms with van der Waals surface area (Å²) in [5.74, 6) is 3.22. The average molecular weight is 345 g/mol. The van der Waals surface area contributed by atoms with Crippen LogP contribution in [-0.2, 0) is 4.79 Å². The fourth-order valence-corrected chi connectivity index (χ4v) is 4.22. The van der Waals surface area contributed by atoms with Gasteiger partial charge in [-0.15, -0.1) is 11.8 Å². The van der Waals surface area contributed by atoms with Crippen LogP contribution in [0.25, 0.3) is 0 Å². The van der Waals surface area contributed by atoms with Crippen LogP contribution in [0.5, 0.6) is 11.5 Å². The molecule has 4 rings (SSSR count). The van der Waals surface area contributed by atoms with Gasteiger partial charge in [0.1, 0.15) is 12.4 Å². The fraction of sp³-hybridized carbons (Fsp3) is 0.389. The minimum absolute atomic E-state index is 0.00481. The van der Waals surface area contributed by atoms with Crippen molar-refractivity contribution in [3.05, 3.63) is 48.4 Å². The summed E-state index contributed by atoms with van der Waals surface area (Å²) in [5, 5.41) is 0.307. The number of hydrogen-bond donors (Lipinski definition) is 0. The van der Waals surface area contributed by atoms with Crippen molar-refractivity contribution in [2.75, 3.05) is 25.4 Å². The topological polar surface area (TPSA) is 51.9 Å². The van der Waals surface area contributed by atoms with Crippen molar-refractivity contribution in [2.45, 2.75) is 17.8 Å². The molecule has 5 nitrogen and oxygen atoms in total. The molecule has 3 heterocycles. The van der Waals surface area contributed by atoms with E-state index in [0.29, 0.717) is 23.3 Å². The number of fused-ring (bicyclic) bond motifs is 1. The first kappa shape index (κ1) is 15.4. The molecule has 0 spiro atoms. The van der Waals surface area contributed by atoms with Gasteiger partial charge in [-0.25, -0.2) is 0 Å². The van der Waals surface area contributed by atoms with E-state index in [1.54, 1.807) is 6.26 Å². The van der Waals surface area contributed by atoms with Crippen molar-refractivity contribution in [1.82, 2.24) is 4.90 Å². The molecule has 6 heteroatoms. The zero-order chi connectivity index (χ0) is 16.4. The predicted octanol–water partition coefficient (Wildman–Crippen LogP) is 3.13. The first-order valence-corrected chi connectivity index (χ1v) is 9.18. The highest BCUT2D eigenvalue weighted by Gasteiger charge is 2.32. The van der Waals surface area contributed by atoms with Gasteiger partial charge in [-0.1, -0.05) is 12.1 Å². The van der Waals surface area contributed by atoms with E-state index in [9.17, 15) is 4.79 Å². The standard InChI is InChI=1S/C18H19NO4S/c20-18(16-12-22-13-4-1-2-5-14(13)23-16)19-8-7-17(24-11-9-19)15-6-3-10-21-15/h1-6,10,16-17H,7-9,11-12H2. The molecule has 1 aromatic heterocycles. The third kappa shape index (κ3) is 3.11. The van der Waals surface area contributed by atoms with Crippen LogP contribution < -0.4 is 9.47 Å². The van der Waals surface area contributed by atoms with Gasteiger partial charge in [0, 0.05) is 18.8 Å². The van der Waals surface area contributed by atoms with Crippen LogP contribution >= 0.6 is 11.8 Å². The summed E-state index contributed by atoms with van der Waals surface area (Å²) in [5.41, 5.74) is 0. The normalized spacial score (nSPS) is 23.6. The molecular formula is C18H19NO4S. The van der Waals surface area contributed by atoms with Gasteiger partial charge >= 0.3 is 0 Å². The van der Waals surface area contributed by atoms with Crippen LogP contribution in [-0.4, -0.2) is 42.4 Å². The molecule has 1 saturated heterocycles. The molecule has 24 heavy (non-hydrogen) atoms. The second-order valence-electron chi connectivity index (χ2n) is 5.85. The molecule has 2 aromatic rings. The molecule has 0 bridgehead atoms. The van der Waals surface area contributed by atoms with E-state index in [1.807, 2.05) is 53.1 Å². The van der Waals surface area contributed by atoms with Gasteiger partial charge in [0.2, 0.25) is 6.10 Å². The first-order chi connectivity index (χ1) is 11.8. The SMILES string of the molecule is O=C(C1COc2ccccc2O1)N1CCSC(c2ccco2)CC1. The molecule has 1 amide bonds. The predicted molar refractivity (Wildman–Crippen MR) is 91.5 cm³/mol. The van der Waals surface area contributed by atoms with E-state index < -0.39 is 6.10 Å². The summed E-state index contributed by atoms with van der Waals surface area (Å²) in [6, 6.07) is 11.4. The third-order valence-corrected chi connectivity index (χ3v) is 5.59. The first-order valence-electron chi connectivity index (χ1n) is 8.13. The third-order valence-electron chi connectivity index (χ3n) is 4.30. The number of carbonyl (C=O) groups is 1. The van der Waals surface area contributed by atoms with Gasteiger partial charge in [0.15, 0.2) is 11.5 Å². The lowest BCUT2D eigenvalue weighted by Crippen LogP contribution is -2.47. The van der Waals surface area contributed by atoms with E-state index in [1.165, 1.54) is 0 Å². The number of amides is 1. The number of para-hydroxylation sites is 2. The number of carbonyl (C=O) groups excluding carboxylic acids is 1. The maximum absolute atomic E-state index is 12.8. The molecular weight excluding hydrogens is 326 g/mol. The van der Waals surface area contributed by atoms with Crippen molar-refractivity contribution < 1.29 is 18.7 Å². The number of furan rings is 1. The van der Waals surface area contributed by atoms with E-state index in [0.717, 1.165) is 24.5 Å². The van der Waals surface area contributed by atoms with Crippen molar-refractivity contribution in [1.29, 1.82) is 0 Å². The van der Waals surface area contributed by atoms with Crippen LogP contribution in [0.3, 0.4) is 0 Å². The molecule has 2 aliphatic heterocycles. The Labute approximate surface area is 144 Å². The van der Waals surface area contributed by atoms with Crippen LogP contribution in [0, 0.1) is 0 Å². The van der Waals surface area contributed by atoms with Crippen molar-refractivity contribution in [3.63, 3.8) is 0 Å². The van der Waals surface area contributed by atoms with Gasteiger partial charge in [0.05, 0.1) is 11.5 Å². The Kier molecular flexibility index (Phi) is 4.38. The summed E-state index contributed by atoms with van der Waals surface area (Å²) in [7, 11) is 0. The molecule has 126 valence electrons. The van der Waals surface area contributed by atoms with Crippen molar-refractivity contribution in [3.8, 4) is 11.5 Å². The summed E-state index contributed by atoms with van der Waals surface area (Å²) < 4.78 is 17.0. The smallest absolute Gasteiger partial charge is 0.267 e. The number of hydrogen-bond acceptors (Lipinski definition) is 5. The molecule has 0 aliphatic carbocycles. The van der Waals surface area contributed by atoms with Crippen LogP contribution in [0.4, 0.5) is 0 Å². The number of rotatable bonds is 2. The molecule has 2 aliphatic rings. The largest absolute Gasteiger partial charge is 0.485 e. The lowest BCUT2D eigenvalue weighted by molar-refractivity contribution is -0.141. The van der Waals surface area contributed by atoms with E-state index in [-0.39, 0.29) is 12.5 Å². The summed E-state index contributed by atoms with van der Waals surface area (Å²) in [6.07, 6.45) is 2.02. The lowest BCUT2D eigenvalue weighted by Gasteiger charge is -2.30. The average Bonchev–Trinajstić information content (AvgIpc) is 3.05. The fourth-order valence-electron chi connectivity index (χ4n) is 3.04. The maximum atomic E-state index is 12.8. The second kappa shape index (κ2) is 6.81. The summed E-state index contributed by atoms with van der Waals surface area (Å²) in [6.45, 7) is 1.70. The monoisotopic (exact) mass is 345 g/mol. The van der Waals surface area contributed by atoms with Crippen molar-refractivity contribution >= 4 is 17.7 Å². The Morgan fingerprint density at radius 2 is 2.00 bits per heavy atom. The highest BCUT2D eigenvalue weighted by atomic mass is 32.2. The zero-order valence-electron chi connectivity index (χ0n) is 13.2. The van der Waals surface area contributed by atoms with Gasteiger partial charge < -0.3 is 18.8 Å². The Morgan fingerprint density at radius 1 is 1.12 bits per heavy atom. The highest BCUT2D eigenvalue weighted by Crippen LogP contribution is 2.35. The minimum Gasteiger partial charge on any atom is -0.485 e. The molecule has 2 atom stereocenters. The molecule has 1 fully saturated rings. The zero-order valence-corrected chi connectivity index (χ0v) is 14.0. The molecule has 0 radical (unpaired) electrons. The lowest BCUT2D eigenvalue weighted by atomic mass is 10.2. The number of thioether (sulfide) groups is 1. The molecule has 1 aromatic carbocycles. The molecule has 0 N–H and O–H groups in total.